The van der Waals surface area contributed by atoms with Gasteiger partial charge in [0.1, 0.15) is 5.78 Å². The highest BCUT2D eigenvalue weighted by atomic mass is 16.5. The molecule has 0 fully saturated rings. The van der Waals surface area contributed by atoms with Gasteiger partial charge in [-0.15, -0.1) is 0 Å². The van der Waals surface area contributed by atoms with Gasteiger partial charge >= 0.3 is 0 Å². The maximum absolute atomic E-state index is 11.1. The minimum absolute atomic E-state index is 0.00959. The van der Waals surface area contributed by atoms with Crippen molar-refractivity contribution in [1.29, 1.82) is 0 Å². The van der Waals surface area contributed by atoms with Crippen molar-refractivity contribution in [2.75, 3.05) is 0 Å². The Balaban J connectivity index is 2.28. The lowest BCUT2D eigenvalue weighted by Gasteiger charge is -1.97. The third-order valence-corrected chi connectivity index (χ3v) is 2.13. The predicted molar refractivity (Wildman–Crippen MR) is 51.0 cm³/mol. The molecule has 0 aliphatic rings. The van der Waals surface area contributed by atoms with Gasteiger partial charge in [0.2, 0.25) is 11.7 Å². The third kappa shape index (κ3) is 1.78. The molecule has 6 heteroatoms. The van der Waals surface area contributed by atoms with Crippen molar-refractivity contribution < 1.29 is 9.32 Å². The molecular weight excluding hydrogens is 196 g/mol. The number of nitrogens with one attached hydrogen (secondary N) is 1. The Bertz CT molecular complexity index is 460. The van der Waals surface area contributed by atoms with E-state index in [1.54, 1.807) is 19.3 Å². The van der Waals surface area contributed by atoms with Gasteiger partial charge in [0.15, 0.2) is 5.82 Å². The summed E-state index contributed by atoms with van der Waals surface area (Å²) in [6, 6.07) is 0. The van der Waals surface area contributed by atoms with Crippen LogP contribution in [0.5, 0.6) is 0 Å². The molecule has 0 saturated heterocycles. The Morgan fingerprint density at radius 3 is 3.00 bits per heavy atom. The van der Waals surface area contributed by atoms with Crippen LogP contribution >= 0.6 is 0 Å². The molecule has 0 bridgehead atoms. The number of nitrogens with zero attached hydrogens (tertiary/aromatic N) is 3. The number of carbonyl (C=O) groups excluding carboxylic acids is 1. The zero-order valence-electron chi connectivity index (χ0n) is 8.39. The highest BCUT2D eigenvalue weighted by molar-refractivity contribution is 5.81. The SMILES string of the molecule is CC(=O)C(C)c1nc(-c2ncc[nH]2)no1. The molecule has 1 atom stereocenters. The van der Waals surface area contributed by atoms with Gasteiger partial charge in [-0.3, -0.25) is 4.79 Å². The number of carbonyl (C=O) groups is 1. The zero-order valence-corrected chi connectivity index (χ0v) is 8.39. The number of H-pyrrole nitrogens is 1. The van der Waals surface area contributed by atoms with Gasteiger partial charge in [-0.1, -0.05) is 5.16 Å². The lowest BCUT2D eigenvalue weighted by Crippen LogP contribution is -2.04. The lowest BCUT2D eigenvalue weighted by atomic mass is 10.1. The maximum Gasteiger partial charge on any atom is 0.238 e. The first kappa shape index (κ1) is 9.57. The molecule has 78 valence electrons. The Morgan fingerprint density at radius 1 is 1.60 bits per heavy atom. The maximum atomic E-state index is 11.1. The molecule has 2 rings (SSSR count). The molecule has 0 aliphatic carbocycles. The smallest absolute Gasteiger partial charge is 0.238 e. The largest absolute Gasteiger partial charge is 0.342 e. The first-order valence-electron chi connectivity index (χ1n) is 4.52. The van der Waals surface area contributed by atoms with Crippen molar-refractivity contribution in [2.24, 2.45) is 0 Å². The molecule has 0 amide bonds. The van der Waals surface area contributed by atoms with E-state index in [9.17, 15) is 4.79 Å². The summed E-state index contributed by atoms with van der Waals surface area (Å²) in [6.07, 6.45) is 3.26. The van der Waals surface area contributed by atoms with E-state index in [1.165, 1.54) is 6.92 Å². The highest BCUT2D eigenvalue weighted by Crippen LogP contribution is 2.17. The average Bonchev–Trinajstić information content (AvgIpc) is 2.86. The summed E-state index contributed by atoms with van der Waals surface area (Å²) in [5.74, 6) is 0.823. The second kappa shape index (κ2) is 3.64. The zero-order chi connectivity index (χ0) is 10.8. The average molecular weight is 206 g/mol. The van der Waals surface area contributed by atoms with Crippen molar-refractivity contribution in [3.63, 3.8) is 0 Å². The molecular formula is C9H10N4O2. The minimum atomic E-state index is -0.374. The summed E-state index contributed by atoms with van der Waals surface area (Å²) in [6.45, 7) is 3.21. The fraction of sp³-hybridized carbons (Fsp3) is 0.333. The summed E-state index contributed by atoms with van der Waals surface area (Å²) >= 11 is 0. The molecule has 0 aromatic carbocycles. The summed E-state index contributed by atoms with van der Waals surface area (Å²) in [5.41, 5.74) is 0. The van der Waals surface area contributed by atoms with E-state index in [1.807, 2.05) is 0 Å². The van der Waals surface area contributed by atoms with Gasteiger partial charge in [-0.2, -0.15) is 4.98 Å². The van der Waals surface area contributed by atoms with Crippen LogP contribution in [0.25, 0.3) is 11.6 Å². The van der Waals surface area contributed by atoms with Gasteiger partial charge in [-0.05, 0) is 13.8 Å². The van der Waals surface area contributed by atoms with E-state index in [4.69, 9.17) is 4.52 Å². The van der Waals surface area contributed by atoms with Gasteiger partial charge < -0.3 is 9.51 Å². The van der Waals surface area contributed by atoms with Crippen molar-refractivity contribution >= 4 is 5.78 Å². The van der Waals surface area contributed by atoms with E-state index in [2.05, 4.69) is 20.1 Å². The van der Waals surface area contributed by atoms with E-state index in [-0.39, 0.29) is 11.7 Å². The summed E-state index contributed by atoms with van der Waals surface area (Å²) < 4.78 is 4.97. The molecule has 0 radical (unpaired) electrons. The number of Topliss-reactive ketones (excluding diaryl/α,β-unsaturated/α-hetero) is 1. The van der Waals surface area contributed by atoms with E-state index < -0.39 is 0 Å². The number of imidazole rings is 1. The minimum Gasteiger partial charge on any atom is -0.342 e. The van der Waals surface area contributed by atoms with Crippen LogP contribution in [-0.4, -0.2) is 25.9 Å². The molecule has 0 aliphatic heterocycles. The second-order valence-corrected chi connectivity index (χ2v) is 3.23. The van der Waals surface area contributed by atoms with Gasteiger partial charge in [0.25, 0.3) is 0 Å². The van der Waals surface area contributed by atoms with Crippen molar-refractivity contribution in [1.82, 2.24) is 20.1 Å². The van der Waals surface area contributed by atoms with Crippen molar-refractivity contribution in [3.8, 4) is 11.6 Å². The quantitative estimate of drug-likeness (QED) is 0.814. The monoisotopic (exact) mass is 206 g/mol. The number of hydrogen-bond donors (Lipinski definition) is 1. The molecule has 0 spiro atoms. The van der Waals surface area contributed by atoms with Gasteiger partial charge in [0.05, 0.1) is 5.92 Å². The Kier molecular flexibility index (Phi) is 2.32. The topological polar surface area (TPSA) is 84.7 Å². The number of ketones is 1. The fourth-order valence-corrected chi connectivity index (χ4v) is 1.07. The molecule has 1 N–H and O–H groups in total. The van der Waals surface area contributed by atoms with Crippen LogP contribution in [0.4, 0.5) is 0 Å². The van der Waals surface area contributed by atoms with E-state index in [0.29, 0.717) is 17.5 Å². The van der Waals surface area contributed by atoms with Crippen LogP contribution in [-0.2, 0) is 4.79 Å². The molecule has 2 aromatic rings. The van der Waals surface area contributed by atoms with Crippen LogP contribution in [0.2, 0.25) is 0 Å². The molecule has 6 nitrogen and oxygen atoms in total. The van der Waals surface area contributed by atoms with Gasteiger partial charge in [-0.25, -0.2) is 4.98 Å². The third-order valence-electron chi connectivity index (χ3n) is 2.13. The van der Waals surface area contributed by atoms with E-state index in [0.717, 1.165) is 0 Å². The van der Waals surface area contributed by atoms with Crippen LogP contribution in [0, 0.1) is 0 Å². The Hall–Kier alpha value is -1.98. The molecule has 0 saturated carbocycles. The highest BCUT2D eigenvalue weighted by Gasteiger charge is 2.19. The number of aromatic nitrogens is 4. The molecule has 1 unspecified atom stereocenters. The standard InChI is InChI=1S/C9H10N4O2/c1-5(6(2)14)9-12-8(13-15-9)7-10-3-4-11-7/h3-5H,1-2H3,(H,10,11). The molecule has 2 aromatic heterocycles. The second-order valence-electron chi connectivity index (χ2n) is 3.23. The molecule has 2 heterocycles. The van der Waals surface area contributed by atoms with Crippen LogP contribution in [0.15, 0.2) is 16.9 Å². The fourth-order valence-electron chi connectivity index (χ4n) is 1.07. The summed E-state index contributed by atoms with van der Waals surface area (Å²) in [5, 5.41) is 3.73. The normalized spacial score (nSPS) is 12.7. The number of rotatable bonds is 3. The Morgan fingerprint density at radius 2 is 2.40 bits per heavy atom. The van der Waals surface area contributed by atoms with Crippen molar-refractivity contribution in [3.05, 3.63) is 18.3 Å². The summed E-state index contributed by atoms with van der Waals surface area (Å²) in [7, 11) is 0. The number of hydrogen-bond acceptors (Lipinski definition) is 5. The van der Waals surface area contributed by atoms with E-state index >= 15 is 0 Å². The summed E-state index contributed by atoms with van der Waals surface area (Å²) in [4.78, 5) is 22.0. The van der Waals surface area contributed by atoms with Crippen LogP contribution in [0.1, 0.15) is 25.7 Å². The first-order chi connectivity index (χ1) is 7.18. The predicted octanol–water partition coefficient (Wildman–Crippen LogP) is 1.15. The number of aromatic amines is 1. The molecule has 15 heavy (non-hydrogen) atoms. The van der Waals surface area contributed by atoms with Crippen molar-refractivity contribution in [2.45, 2.75) is 19.8 Å². The van der Waals surface area contributed by atoms with Crippen LogP contribution < -0.4 is 0 Å². The lowest BCUT2D eigenvalue weighted by molar-refractivity contribution is -0.118. The van der Waals surface area contributed by atoms with Gasteiger partial charge in [0, 0.05) is 12.4 Å². The van der Waals surface area contributed by atoms with Crippen LogP contribution in [0.3, 0.4) is 0 Å². The first-order valence-corrected chi connectivity index (χ1v) is 4.52. The Labute approximate surface area is 85.7 Å².